The molecule has 18 heavy (non-hydrogen) atoms. The van der Waals surface area contributed by atoms with Crippen LogP contribution in [0.1, 0.15) is 0 Å². The van der Waals surface area contributed by atoms with Crippen molar-refractivity contribution in [1.82, 2.24) is 10.2 Å². The molecular formula is C13H7ClF2N2. The number of halogens is 3. The van der Waals surface area contributed by atoms with Crippen molar-refractivity contribution in [1.29, 1.82) is 0 Å². The van der Waals surface area contributed by atoms with Gasteiger partial charge in [0.1, 0.15) is 11.6 Å². The molecule has 0 radical (unpaired) electrons. The highest BCUT2D eigenvalue weighted by molar-refractivity contribution is 6.30. The first-order valence-corrected chi connectivity index (χ1v) is 5.61. The van der Waals surface area contributed by atoms with Crippen molar-refractivity contribution in [2.24, 2.45) is 0 Å². The third-order valence-corrected chi connectivity index (χ3v) is 2.98. The minimum absolute atomic E-state index is 0.0353. The summed E-state index contributed by atoms with van der Waals surface area (Å²) in [6.07, 6.45) is 1.54. The molecular weight excluding hydrogens is 258 g/mol. The van der Waals surface area contributed by atoms with Gasteiger partial charge in [-0.25, -0.2) is 8.78 Å². The zero-order valence-corrected chi connectivity index (χ0v) is 9.80. The van der Waals surface area contributed by atoms with E-state index in [9.17, 15) is 8.78 Å². The van der Waals surface area contributed by atoms with Gasteiger partial charge in [-0.05, 0) is 23.8 Å². The van der Waals surface area contributed by atoms with Crippen molar-refractivity contribution < 1.29 is 8.78 Å². The number of hydrogen-bond acceptors (Lipinski definition) is 1. The summed E-state index contributed by atoms with van der Waals surface area (Å²) in [5.41, 5.74) is 1.08. The van der Waals surface area contributed by atoms with E-state index in [0.29, 0.717) is 10.9 Å². The fourth-order valence-corrected chi connectivity index (χ4v) is 2.18. The molecule has 3 rings (SSSR count). The average molecular weight is 265 g/mol. The van der Waals surface area contributed by atoms with Gasteiger partial charge in [-0.15, -0.1) is 0 Å². The molecule has 0 spiro atoms. The first-order valence-electron chi connectivity index (χ1n) is 5.24. The molecule has 1 aromatic heterocycles. The smallest absolute Gasteiger partial charge is 0.135 e. The Labute approximate surface area is 106 Å². The van der Waals surface area contributed by atoms with Crippen LogP contribution >= 0.6 is 11.6 Å². The maximum absolute atomic E-state index is 13.9. The van der Waals surface area contributed by atoms with E-state index in [1.54, 1.807) is 18.2 Å². The molecule has 0 unspecified atom stereocenters. The van der Waals surface area contributed by atoms with Crippen LogP contribution in [0.2, 0.25) is 5.02 Å². The topological polar surface area (TPSA) is 28.7 Å². The Balaban J connectivity index is 2.36. The fraction of sp³-hybridized carbons (Fsp3) is 0. The Bertz CT molecular complexity index is 714. The Morgan fingerprint density at radius 2 is 1.83 bits per heavy atom. The van der Waals surface area contributed by atoms with Crippen LogP contribution in [-0.2, 0) is 0 Å². The van der Waals surface area contributed by atoms with Gasteiger partial charge < -0.3 is 0 Å². The molecule has 0 aliphatic carbocycles. The number of hydrogen-bond donors (Lipinski definition) is 1. The lowest BCUT2D eigenvalue weighted by atomic mass is 10.0. The molecule has 2 nitrogen and oxygen atoms in total. The van der Waals surface area contributed by atoms with E-state index in [2.05, 4.69) is 10.2 Å². The predicted octanol–water partition coefficient (Wildman–Crippen LogP) is 4.16. The minimum Gasteiger partial charge on any atom is -0.278 e. The largest absolute Gasteiger partial charge is 0.278 e. The molecule has 0 aliphatic rings. The molecule has 1 heterocycles. The Kier molecular flexibility index (Phi) is 2.52. The van der Waals surface area contributed by atoms with Gasteiger partial charge in [-0.2, -0.15) is 5.10 Å². The standard InChI is InChI=1S/C13H7ClF2N2/c14-7-4-10(15)13(11(16)5-7)8-2-1-3-12-9(8)6-17-18-12/h1-6H,(H,17,18). The van der Waals surface area contributed by atoms with E-state index < -0.39 is 11.6 Å². The number of benzene rings is 2. The van der Waals surface area contributed by atoms with Crippen molar-refractivity contribution in [2.45, 2.75) is 0 Å². The third kappa shape index (κ3) is 1.66. The highest BCUT2D eigenvalue weighted by Gasteiger charge is 2.15. The van der Waals surface area contributed by atoms with E-state index in [-0.39, 0.29) is 10.6 Å². The second kappa shape index (κ2) is 4.07. The summed E-state index contributed by atoms with van der Waals surface area (Å²) < 4.78 is 27.8. The zero-order chi connectivity index (χ0) is 12.7. The third-order valence-electron chi connectivity index (χ3n) is 2.76. The summed E-state index contributed by atoms with van der Waals surface area (Å²) in [7, 11) is 0. The van der Waals surface area contributed by atoms with Crippen molar-refractivity contribution in [3.05, 3.63) is 53.2 Å². The highest BCUT2D eigenvalue weighted by atomic mass is 35.5. The van der Waals surface area contributed by atoms with E-state index in [0.717, 1.165) is 17.6 Å². The van der Waals surface area contributed by atoms with Crippen LogP contribution in [0.25, 0.3) is 22.0 Å². The fourth-order valence-electron chi connectivity index (χ4n) is 1.99. The maximum atomic E-state index is 13.9. The van der Waals surface area contributed by atoms with Crippen LogP contribution < -0.4 is 0 Å². The van der Waals surface area contributed by atoms with Gasteiger partial charge in [0.05, 0.1) is 17.3 Å². The van der Waals surface area contributed by atoms with Crippen LogP contribution in [0, 0.1) is 11.6 Å². The monoisotopic (exact) mass is 264 g/mol. The lowest BCUT2D eigenvalue weighted by molar-refractivity contribution is 0.590. The predicted molar refractivity (Wildman–Crippen MR) is 66.5 cm³/mol. The van der Waals surface area contributed by atoms with Gasteiger partial charge in [0.25, 0.3) is 0 Å². The second-order valence-electron chi connectivity index (χ2n) is 3.88. The molecule has 3 aromatic rings. The van der Waals surface area contributed by atoms with Gasteiger partial charge in [0.2, 0.25) is 0 Å². The van der Waals surface area contributed by atoms with Crippen molar-refractivity contribution in [3.63, 3.8) is 0 Å². The van der Waals surface area contributed by atoms with Crippen LogP contribution in [0.15, 0.2) is 36.5 Å². The van der Waals surface area contributed by atoms with Crippen molar-refractivity contribution in [3.8, 4) is 11.1 Å². The molecule has 0 atom stereocenters. The molecule has 0 saturated heterocycles. The Morgan fingerprint density at radius 1 is 1.11 bits per heavy atom. The average Bonchev–Trinajstić information content (AvgIpc) is 2.76. The van der Waals surface area contributed by atoms with Crippen LogP contribution in [0.5, 0.6) is 0 Å². The summed E-state index contributed by atoms with van der Waals surface area (Å²) >= 11 is 5.61. The molecule has 0 saturated carbocycles. The molecule has 0 bridgehead atoms. The Morgan fingerprint density at radius 3 is 2.56 bits per heavy atom. The molecule has 2 aromatic carbocycles. The van der Waals surface area contributed by atoms with Crippen molar-refractivity contribution in [2.75, 3.05) is 0 Å². The second-order valence-corrected chi connectivity index (χ2v) is 4.32. The number of aromatic amines is 1. The van der Waals surface area contributed by atoms with Gasteiger partial charge in [0.15, 0.2) is 0 Å². The lowest BCUT2D eigenvalue weighted by Crippen LogP contribution is -1.91. The number of nitrogens with one attached hydrogen (secondary N) is 1. The Hall–Kier alpha value is -1.94. The van der Waals surface area contributed by atoms with Gasteiger partial charge >= 0.3 is 0 Å². The number of aromatic nitrogens is 2. The van der Waals surface area contributed by atoms with E-state index >= 15 is 0 Å². The highest BCUT2D eigenvalue weighted by Crippen LogP contribution is 2.33. The van der Waals surface area contributed by atoms with Crippen LogP contribution in [0.3, 0.4) is 0 Å². The molecule has 90 valence electrons. The zero-order valence-electron chi connectivity index (χ0n) is 9.05. The van der Waals surface area contributed by atoms with E-state index in [1.165, 1.54) is 6.20 Å². The summed E-state index contributed by atoms with van der Waals surface area (Å²) in [4.78, 5) is 0. The first kappa shape index (κ1) is 11.2. The molecule has 5 heteroatoms. The summed E-state index contributed by atoms with van der Waals surface area (Å²) in [6.45, 7) is 0. The normalized spacial score (nSPS) is 11.1. The van der Waals surface area contributed by atoms with Gasteiger partial charge in [-0.3, -0.25) is 5.10 Å². The lowest BCUT2D eigenvalue weighted by Gasteiger charge is -2.07. The summed E-state index contributed by atoms with van der Waals surface area (Å²) in [5, 5.41) is 7.33. The molecule has 0 aliphatic heterocycles. The van der Waals surface area contributed by atoms with Crippen LogP contribution in [-0.4, -0.2) is 10.2 Å². The molecule has 1 N–H and O–H groups in total. The van der Waals surface area contributed by atoms with E-state index in [4.69, 9.17) is 11.6 Å². The van der Waals surface area contributed by atoms with Crippen LogP contribution in [0.4, 0.5) is 8.78 Å². The number of fused-ring (bicyclic) bond motifs is 1. The molecule has 0 amide bonds. The number of rotatable bonds is 1. The van der Waals surface area contributed by atoms with E-state index in [1.807, 2.05) is 0 Å². The number of nitrogens with zero attached hydrogens (tertiary/aromatic N) is 1. The first-order chi connectivity index (χ1) is 8.66. The maximum Gasteiger partial charge on any atom is 0.135 e. The van der Waals surface area contributed by atoms with Crippen molar-refractivity contribution >= 4 is 22.5 Å². The summed E-state index contributed by atoms with van der Waals surface area (Å²) in [6, 6.07) is 7.34. The summed E-state index contributed by atoms with van der Waals surface area (Å²) in [5.74, 6) is -1.37. The minimum atomic E-state index is -0.686. The SMILES string of the molecule is Fc1cc(Cl)cc(F)c1-c1cccc2[nH]ncc12. The quantitative estimate of drug-likeness (QED) is 0.702. The van der Waals surface area contributed by atoms with Gasteiger partial charge in [0, 0.05) is 10.4 Å². The number of H-pyrrole nitrogens is 1. The van der Waals surface area contributed by atoms with Gasteiger partial charge in [-0.1, -0.05) is 23.7 Å². The molecule has 0 fully saturated rings.